The minimum absolute atomic E-state index is 0.0972. The third kappa shape index (κ3) is 3.91. The Hall–Kier alpha value is -2.31. The zero-order chi connectivity index (χ0) is 17.0. The summed E-state index contributed by atoms with van der Waals surface area (Å²) in [5.41, 5.74) is 3.64. The summed E-state index contributed by atoms with van der Waals surface area (Å²) in [7, 11) is 0. The summed E-state index contributed by atoms with van der Waals surface area (Å²) < 4.78 is 0. The maximum atomic E-state index is 11.0. The predicted molar refractivity (Wildman–Crippen MR) is 91.7 cm³/mol. The summed E-state index contributed by atoms with van der Waals surface area (Å²) >= 11 is 11.9. The summed E-state index contributed by atoms with van der Waals surface area (Å²) in [6, 6.07) is 9.09. The van der Waals surface area contributed by atoms with Gasteiger partial charge in [-0.3, -0.25) is 15.5 Å². The fraction of sp³-hybridized carbons (Fsp3) is 0.133. The van der Waals surface area contributed by atoms with E-state index in [9.17, 15) is 15.2 Å². The van der Waals surface area contributed by atoms with E-state index < -0.39 is 4.92 Å². The number of nitrogens with one attached hydrogen (secondary N) is 1. The van der Waals surface area contributed by atoms with Crippen molar-refractivity contribution in [2.45, 2.75) is 13.3 Å². The third-order valence-electron chi connectivity index (χ3n) is 3.09. The van der Waals surface area contributed by atoms with Crippen LogP contribution in [0.5, 0.6) is 5.75 Å². The van der Waals surface area contributed by atoms with Crippen LogP contribution in [0.1, 0.15) is 18.9 Å². The molecule has 0 aliphatic carbocycles. The lowest BCUT2D eigenvalue weighted by molar-refractivity contribution is -0.384. The minimum atomic E-state index is -0.503. The number of rotatable bonds is 5. The number of para-hydroxylation sites is 2. The molecule has 0 aromatic heterocycles. The number of hydrogen-bond donors (Lipinski definition) is 2. The van der Waals surface area contributed by atoms with Gasteiger partial charge in [-0.05, 0) is 24.6 Å². The highest BCUT2D eigenvalue weighted by atomic mass is 35.5. The van der Waals surface area contributed by atoms with Crippen molar-refractivity contribution in [3.05, 3.63) is 62.1 Å². The van der Waals surface area contributed by atoms with E-state index in [1.165, 1.54) is 18.2 Å². The lowest BCUT2D eigenvalue weighted by atomic mass is 10.1. The predicted octanol–water partition coefficient (Wildman–Crippen LogP) is 4.83. The molecule has 23 heavy (non-hydrogen) atoms. The maximum Gasteiger partial charge on any atom is 0.294 e. The Morgan fingerprint density at radius 3 is 2.70 bits per heavy atom. The molecule has 120 valence electrons. The van der Waals surface area contributed by atoms with Gasteiger partial charge in [0.1, 0.15) is 11.4 Å². The molecule has 0 atom stereocenters. The number of phenolic OH excluding ortho intramolecular Hbond substituents is 1. The minimum Gasteiger partial charge on any atom is -0.506 e. The molecule has 0 fully saturated rings. The van der Waals surface area contributed by atoms with Gasteiger partial charge in [0.2, 0.25) is 0 Å². The van der Waals surface area contributed by atoms with Crippen LogP contribution in [0.25, 0.3) is 0 Å². The standard InChI is InChI=1S/C15H13Cl2N3O3/c1-2-12(10-7-9(16)8-11(17)15(10)21)18-19-13-5-3-4-6-14(13)20(22)23/h3-8,19,21H,2H2,1H3/b18-12+. The van der Waals surface area contributed by atoms with Gasteiger partial charge in [-0.2, -0.15) is 5.10 Å². The molecule has 0 spiro atoms. The molecule has 6 nitrogen and oxygen atoms in total. The van der Waals surface area contributed by atoms with Crippen LogP contribution in [0, 0.1) is 10.1 Å². The highest BCUT2D eigenvalue weighted by Crippen LogP contribution is 2.32. The third-order valence-corrected chi connectivity index (χ3v) is 3.59. The Morgan fingerprint density at radius 2 is 2.04 bits per heavy atom. The fourth-order valence-corrected chi connectivity index (χ4v) is 2.46. The first kappa shape index (κ1) is 17.1. The van der Waals surface area contributed by atoms with Crippen molar-refractivity contribution in [3.8, 4) is 5.75 Å². The molecule has 0 unspecified atom stereocenters. The lowest BCUT2D eigenvalue weighted by Crippen LogP contribution is -2.05. The van der Waals surface area contributed by atoms with Crippen molar-refractivity contribution in [1.82, 2.24) is 0 Å². The number of phenols is 1. The number of hydrazone groups is 1. The fourth-order valence-electron chi connectivity index (χ4n) is 1.97. The molecular formula is C15H13Cl2N3O3. The van der Waals surface area contributed by atoms with Crippen LogP contribution in [0.15, 0.2) is 41.5 Å². The van der Waals surface area contributed by atoms with Gasteiger partial charge in [0, 0.05) is 16.7 Å². The molecule has 2 N–H and O–H groups in total. The first-order valence-electron chi connectivity index (χ1n) is 6.68. The Labute approximate surface area is 142 Å². The van der Waals surface area contributed by atoms with Gasteiger partial charge >= 0.3 is 0 Å². The Kier molecular flexibility index (Phi) is 5.41. The average molecular weight is 354 g/mol. The quantitative estimate of drug-likeness (QED) is 0.457. The molecule has 0 saturated heterocycles. The second-order valence-corrected chi connectivity index (χ2v) is 5.43. The monoisotopic (exact) mass is 353 g/mol. The van der Waals surface area contributed by atoms with Crippen molar-refractivity contribution >= 4 is 40.3 Å². The van der Waals surface area contributed by atoms with Crippen LogP contribution in [-0.2, 0) is 0 Å². The number of aromatic hydroxyl groups is 1. The van der Waals surface area contributed by atoms with E-state index >= 15 is 0 Å². The Bertz CT molecular complexity index is 779. The number of nitrogens with zero attached hydrogens (tertiary/aromatic N) is 2. The lowest BCUT2D eigenvalue weighted by Gasteiger charge is -2.10. The highest BCUT2D eigenvalue weighted by molar-refractivity contribution is 6.36. The van der Waals surface area contributed by atoms with Crippen molar-refractivity contribution in [2.24, 2.45) is 5.10 Å². The molecule has 0 aliphatic heterocycles. The summed E-state index contributed by atoms with van der Waals surface area (Å²) in [5, 5.41) is 25.7. The van der Waals surface area contributed by atoms with Crippen molar-refractivity contribution in [2.75, 3.05) is 5.43 Å². The second kappa shape index (κ2) is 7.30. The van der Waals surface area contributed by atoms with E-state index in [0.717, 1.165) is 0 Å². The van der Waals surface area contributed by atoms with E-state index in [0.29, 0.717) is 22.7 Å². The van der Waals surface area contributed by atoms with Crippen LogP contribution < -0.4 is 5.43 Å². The first-order valence-corrected chi connectivity index (χ1v) is 7.44. The largest absolute Gasteiger partial charge is 0.506 e. The van der Waals surface area contributed by atoms with Crippen molar-refractivity contribution < 1.29 is 10.0 Å². The van der Waals surface area contributed by atoms with E-state index in [2.05, 4.69) is 10.5 Å². The maximum absolute atomic E-state index is 11.0. The number of benzene rings is 2. The van der Waals surface area contributed by atoms with E-state index in [1.54, 1.807) is 18.2 Å². The topological polar surface area (TPSA) is 87.8 Å². The number of halogens is 2. The first-order chi connectivity index (χ1) is 10.9. The average Bonchev–Trinajstić information content (AvgIpc) is 2.52. The zero-order valence-electron chi connectivity index (χ0n) is 12.1. The van der Waals surface area contributed by atoms with Crippen LogP contribution in [0.4, 0.5) is 11.4 Å². The molecule has 0 bridgehead atoms. The molecule has 0 radical (unpaired) electrons. The number of hydrogen-bond acceptors (Lipinski definition) is 5. The van der Waals surface area contributed by atoms with Gasteiger partial charge in [-0.1, -0.05) is 42.3 Å². The molecular weight excluding hydrogens is 341 g/mol. The Balaban J connectivity index is 2.40. The number of nitro benzene ring substituents is 1. The van der Waals surface area contributed by atoms with Gasteiger partial charge < -0.3 is 5.11 Å². The van der Waals surface area contributed by atoms with Gasteiger partial charge in [-0.25, -0.2) is 0 Å². The molecule has 8 heteroatoms. The molecule has 2 aromatic rings. The summed E-state index contributed by atoms with van der Waals surface area (Å²) in [6.45, 7) is 1.83. The highest BCUT2D eigenvalue weighted by Gasteiger charge is 2.15. The summed E-state index contributed by atoms with van der Waals surface area (Å²) in [4.78, 5) is 10.5. The zero-order valence-corrected chi connectivity index (χ0v) is 13.6. The summed E-state index contributed by atoms with van der Waals surface area (Å²) in [5.74, 6) is -0.138. The molecule has 0 heterocycles. The van der Waals surface area contributed by atoms with Gasteiger partial charge in [0.25, 0.3) is 5.69 Å². The van der Waals surface area contributed by atoms with Crippen molar-refractivity contribution in [1.29, 1.82) is 0 Å². The summed E-state index contributed by atoms with van der Waals surface area (Å²) in [6.07, 6.45) is 0.456. The van der Waals surface area contributed by atoms with Crippen LogP contribution in [0.3, 0.4) is 0 Å². The Morgan fingerprint density at radius 1 is 1.35 bits per heavy atom. The van der Waals surface area contributed by atoms with Gasteiger partial charge in [0.15, 0.2) is 0 Å². The molecule has 2 rings (SSSR count). The van der Waals surface area contributed by atoms with Crippen LogP contribution in [0.2, 0.25) is 10.0 Å². The van der Waals surface area contributed by atoms with E-state index in [4.69, 9.17) is 23.2 Å². The van der Waals surface area contributed by atoms with Crippen LogP contribution in [-0.4, -0.2) is 15.7 Å². The molecule has 0 amide bonds. The molecule has 2 aromatic carbocycles. The molecule has 0 saturated carbocycles. The van der Waals surface area contributed by atoms with E-state index in [1.807, 2.05) is 6.92 Å². The van der Waals surface area contributed by atoms with Gasteiger partial charge in [0.05, 0.1) is 15.7 Å². The van der Waals surface area contributed by atoms with Crippen LogP contribution >= 0.6 is 23.2 Å². The number of nitro groups is 1. The second-order valence-electron chi connectivity index (χ2n) is 4.58. The van der Waals surface area contributed by atoms with Crippen molar-refractivity contribution in [3.63, 3.8) is 0 Å². The number of anilines is 1. The SMILES string of the molecule is CC/C(=N\Nc1ccccc1[N+](=O)[O-])c1cc(Cl)cc(Cl)c1O. The van der Waals surface area contributed by atoms with Gasteiger partial charge in [-0.15, -0.1) is 0 Å². The molecule has 0 aliphatic rings. The normalized spacial score (nSPS) is 11.3. The van der Waals surface area contributed by atoms with E-state index in [-0.39, 0.29) is 22.1 Å². The smallest absolute Gasteiger partial charge is 0.294 e.